The van der Waals surface area contributed by atoms with Crippen LogP contribution in [-0.2, 0) is 0 Å². The van der Waals surface area contributed by atoms with E-state index in [2.05, 4.69) is 20.4 Å². The van der Waals surface area contributed by atoms with E-state index in [4.69, 9.17) is 8.94 Å². The Morgan fingerprint density at radius 1 is 1.08 bits per heavy atom. The summed E-state index contributed by atoms with van der Waals surface area (Å²) in [5.41, 5.74) is 2.82. The molecule has 3 aromatic heterocycles. The number of anilines is 1. The van der Waals surface area contributed by atoms with Crippen LogP contribution in [0.3, 0.4) is 0 Å². The molecule has 3 heterocycles. The molecule has 0 radical (unpaired) electrons. The molecular weight excluding hydrogens is 332 g/mol. The molecule has 0 atom stereocenters. The topological polar surface area (TPSA) is 94.1 Å². The minimum absolute atomic E-state index is 0.219. The summed E-state index contributed by atoms with van der Waals surface area (Å²) in [6.45, 7) is 1.91. The maximum absolute atomic E-state index is 12.2. The number of rotatable bonds is 4. The van der Waals surface area contributed by atoms with E-state index in [1.54, 1.807) is 30.5 Å². The molecule has 1 aromatic carbocycles. The lowest BCUT2D eigenvalue weighted by Gasteiger charge is -2.06. The zero-order valence-corrected chi connectivity index (χ0v) is 13.8. The van der Waals surface area contributed by atoms with Crippen molar-refractivity contribution in [2.24, 2.45) is 0 Å². The molecule has 0 aliphatic rings. The smallest absolute Gasteiger partial charge is 0.291 e. The monoisotopic (exact) mass is 346 g/mol. The summed E-state index contributed by atoms with van der Waals surface area (Å²) < 4.78 is 10.5. The predicted octanol–water partition coefficient (Wildman–Crippen LogP) is 3.95. The number of nitrogens with one attached hydrogen (secondary N) is 1. The molecule has 4 aromatic rings. The van der Waals surface area contributed by atoms with Gasteiger partial charge in [0, 0.05) is 17.5 Å². The van der Waals surface area contributed by atoms with Gasteiger partial charge in [-0.15, -0.1) is 0 Å². The second-order valence-electron chi connectivity index (χ2n) is 5.59. The van der Waals surface area contributed by atoms with Gasteiger partial charge < -0.3 is 14.3 Å². The van der Waals surface area contributed by atoms with Crippen molar-refractivity contribution in [1.29, 1.82) is 0 Å². The fourth-order valence-electron chi connectivity index (χ4n) is 2.42. The molecular formula is C19H14N4O3. The Balaban J connectivity index is 1.64. The first-order valence-corrected chi connectivity index (χ1v) is 7.92. The molecule has 0 saturated carbocycles. The molecule has 0 bridgehead atoms. The number of hydrogen-bond acceptors (Lipinski definition) is 6. The molecule has 128 valence electrons. The van der Waals surface area contributed by atoms with Crippen LogP contribution in [0.4, 0.5) is 5.69 Å². The number of furan rings is 1. The Morgan fingerprint density at radius 2 is 1.96 bits per heavy atom. The first-order chi connectivity index (χ1) is 12.7. The van der Waals surface area contributed by atoms with Gasteiger partial charge in [-0.2, -0.15) is 4.98 Å². The summed E-state index contributed by atoms with van der Waals surface area (Å²) >= 11 is 0. The molecule has 7 nitrogen and oxygen atoms in total. The number of pyridine rings is 1. The number of aromatic nitrogens is 3. The Hall–Kier alpha value is -3.74. The summed E-state index contributed by atoms with van der Waals surface area (Å²) in [6, 6.07) is 14.2. The zero-order chi connectivity index (χ0) is 17.9. The average Bonchev–Trinajstić information content (AvgIpc) is 3.35. The van der Waals surface area contributed by atoms with Gasteiger partial charge in [0.05, 0.1) is 17.5 Å². The van der Waals surface area contributed by atoms with E-state index in [-0.39, 0.29) is 11.7 Å². The number of carbonyl (C=O) groups is 1. The van der Waals surface area contributed by atoms with Gasteiger partial charge in [0.15, 0.2) is 5.76 Å². The highest BCUT2D eigenvalue weighted by Crippen LogP contribution is 2.28. The quantitative estimate of drug-likeness (QED) is 0.601. The molecule has 0 aliphatic carbocycles. The highest BCUT2D eigenvalue weighted by Gasteiger charge is 2.17. The fraction of sp³-hybridized carbons (Fsp3) is 0.0526. The van der Waals surface area contributed by atoms with Crippen LogP contribution in [0.5, 0.6) is 0 Å². The van der Waals surface area contributed by atoms with Crippen molar-refractivity contribution in [3.8, 4) is 22.8 Å². The molecule has 0 spiro atoms. The van der Waals surface area contributed by atoms with Crippen LogP contribution < -0.4 is 5.32 Å². The lowest BCUT2D eigenvalue weighted by molar-refractivity contribution is 0.0996. The number of hydrogen-bond donors (Lipinski definition) is 1. The van der Waals surface area contributed by atoms with Crippen molar-refractivity contribution in [3.63, 3.8) is 0 Å². The Morgan fingerprint density at radius 3 is 2.73 bits per heavy atom. The van der Waals surface area contributed by atoms with Crippen LogP contribution in [-0.4, -0.2) is 21.0 Å². The molecule has 0 saturated heterocycles. The van der Waals surface area contributed by atoms with E-state index >= 15 is 0 Å². The van der Waals surface area contributed by atoms with E-state index in [0.29, 0.717) is 23.0 Å². The van der Waals surface area contributed by atoms with E-state index < -0.39 is 0 Å². The van der Waals surface area contributed by atoms with Crippen molar-refractivity contribution >= 4 is 11.6 Å². The summed E-state index contributed by atoms with van der Waals surface area (Å²) in [6.07, 6.45) is 3.13. The first kappa shape index (κ1) is 15.8. The number of carbonyl (C=O) groups excluding carboxylic acids is 1. The van der Waals surface area contributed by atoms with E-state index in [0.717, 1.165) is 11.3 Å². The Kier molecular flexibility index (Phi) is 4.03. The zero-order valence-electron chi connectivity index (χ0n) is 13.8. The van der Waals surface area contributed by atoms with Crippen LogP contribution in [0.15, 0.2) is 69.9 Å². The van der Waals surface area contributed by atoms with Gasteiger partial charge in [-0.1, -0.05) is 17.3 Å². The molecule has 0 aliphatic heterocycles. The van der Waals surface area contributed by atoms with Crippen molar-refractivity contribution in [3.05, 3.63) is 72.4 Å². The highest BCUT2D eigenvalue weighted by atomic mass is 16.5. The van der Waals surface area contributed by atoms with Crippen LogP contribution in [0.25, 0.3) is 22.8 Å². The third-order valence-corrected chi connectivity index (χ3v) is 3.75. The normalized spacial score (nSPS) is 10.7. The van der Waals surface area contributed by atoms with Crippen molar-refractivity contribution in [2.75, 3.05) is 5.32 Å². The van der Waals surface area contributed by atoms with Gasteiger partial charge in [0.2, 0.25) is 5.82 Å². The standard InChI is InChI=1S/C19H14N4O3/c1-12-8-9-13(11-20-12)17-22-19(26-23-17)14-5-2-3-6-15(14)21-18(24)16-7-4-10-25-16/h2-11H,1H3,(H,21,24). The number of aryl methyl sites for hydroxylation is 1. The van der Waals surface area contributed by atoms with E-state index in [1.807, 2.05) is 31.2 Å². The maximum atomic E-state index is 12.2. The Labute approximate surface area is 148 Å². The van der Waals surface area contributed by atoms with Crippen LogP contribution in [0.1, 0.15) is 16.2 Å². The third kappa shape index (κ3) is 3.10. The van der Waals surface area contributed by atoms with Gasteiger partial charge >= 0.3 is 0 Å². The van der Waals surface area contributed by atoms with Crippen molar-refractivity contribution in [2.45, 2.75) is 6.92 Å². The van der Waals surface area contributed by atoms with Crippen molar-refractivity contribution in [1.82, 2.24) is 15.1 Å². The second kappa shape index (κ2) is 6.64. The van der Waals surface area contributed by atoms with Gasteiger partial charge in [-0.25, -0.2) is 0 Å². The molecule has 7 heteroatoms. The summed E-state index contributed by atoms with van der Waals surface area (Å²) in [4.78, 5) is 20.9. The van der Waals surface area contributed by atoms with Crippen molar-refractivity contribution < 1.29 is 13.7 Å². The molecule has 26 heavy (non-hydrogen) atoms. The van der Waals surface area contributed by atoms with Crippen LogP contribution in [0, 0.1) is 6.92 Å². The lowest BCUT2D eigenvalue weighted by atomic mass is 10.1. The molecule has 0 fully saturated rings. The van der Waals surface area contributed by atoms with E-state index in [9.17, 15) is 4.79 Å². The minimum Gasteiger partial charge on any atom is -0.459 e. The number of amides is 1. The molecule has 1 amide bonds. The molecule has 0 unspecified atom stereocenters. The minimum atomic E-state index is -0.357. The van der Waals surface area contributed by atoms with Gasteiger partial charge in [0.25, 0.3) is 11.8 Å². The molecule has 1 N–H and O–H groups in total. The predicted molar refractivity (Wildman–Crippen MR) is 94.4 cm³/mol. The number of para-hydroxylation sites is 1. The third-order valence-electron chi connectivity index (χ3n) is 3.75. The summed E-state index contributed by atoms with van der Waals surface area (Å²) in [7, 11) is 0. The SMILES string of the molecule is Cc1ccc(-c2noc(-c3ccccc3NC(=O)c3ccco3)n2)cn1. The van der Waals surface area contributed by atoms with Gasteiger partial charge in [-0.05, 0) is 43.3 Å². The average molecular weight is 346 g/mol. The lowest BCUT2D eigenvalue weighted by Crippen LogP contribution is -2.11. The maximum Gasteiger partial charge on any atom is 0.291 e. The fourth-order valence-corrected chi connectivity index (χ4v) is 2.42. The largest absolute Gasteiger partial charge is 0.459 e. The van der Waals surface area contributed by atoms with Gasteiger partial charge in [0.1, 0.15) is 0 Å². The van der Waals surface area contributed by atoms with Crippen LogP contribution >= 0.6 is 0 Å². The number of nitrogens with zero attached hydrogens (tertiary/aromatic N) is 3. The summed E-state index contributed by atoms with van der Waals surface area (Å²) in [5, 5.41) is 6.80. The van der Waals surface area contributed by atoms with Crippen LogP contribution in [0.2, 0.25) is 0 Å². The second-order valence-corrected chi connectivity index (χ2v) is 5.59. The first-order valence-electron chi connectivity index (χ1n) is 7.92. The molecule has 4 rings (SSSR count). The van der Waals surface area contributed by atoms with E-state index in [1.165, 1.54) is 6.26 Å². The number of benzene rings is 1. The summed E-state index contributed by atoms with van der Waals surface area (Å²) in [5.74, 6) is 0.595. The highest BCUT2D eigenvalue weighted by molar-refractivity contribution is 6.04. The Bertz CT molecular complexity index is 1040. The van der Waals surface area contributed by atoms with Gasteiger partial charge in [-0.3, -0.25) is 9.78 Å².